The van der Waals surface area contributed by atoms with Gasteiger partial charge in [-0.2, -0.15) is 0 Å². The summed E-state index contributed by atoms with van der Waals surface area (Å²) < 4.78 is 10.0. The molecule has 112 valence electrons. The molecular weight excluding hydrogens is 264 g/mol. The van der Waals surface area contributed by atoms with Crippen LogP contribution >= 0.6 is 0 Å². The summed E-state index contributed by atoms with van der Waals surface area (Å²) in [5, 5.41) is 2.61. The molecule has 1 N–H and O–H groups in total. The van der Waals surface area contributed by atoms with Crippen LogP contribution in [-0.4, -0.2) is 53.7 Å². The molecule has 7 heteroatoms. The first kappa shape index (κ1) is 14.6. The SMILES string of the molecule is COC(=O)C1NC(=O)[C@@H]2CC[C@H]1N2C(=O)OC(C)(C)C. The zero-order chi connectivity index (χ0) is 15.1. The van der Waals surface area contributed by atoms with Crippen LogP contribution in [0.4, 0.5) is 4.79 Å². The average molecular weight is 284 g/mol. The summed E-state index contributed by atoms with van der Waals surface area (Å²) in [7, 11) is 1.26. The molecule has 0 aromatic rings. The number of ether oxygens (including phenoxy) is 2. The number of hydrogen-bond acceptors (Lipinski definition) is 5. The van der Waals surface area contributed by atoms with E-state index in [1.165, 1.54) is 12.0 Å². The number of carbonyl (C=O) groups is 3. The second-order valence-corrected chi connectivity index (χ2v) is 6.06. The van der Waals surface area contributed by atoms with E-state index in [2.05, 4.69) is 10.1 Å². The van der Waals surface area contributed by atoms with Crippen LogP contribution in [0.15, 0.2) is 0 Å². The highest BCUT2D eigenvalue weighted by atomic mass is 16.6. The third-order valence-electron chi connectivity index (χ3n) is 3.47. The lowest BCUT2D eigenvalue weighted by atomic mass is 10.1. The zero-order valence-corrected chi connectivity index (χ0v) is 12.1. The predicted molar refractivity (Wildman–Crippen MR) is 68.8 cm³/mol. The lowest BCUT2D eigenvalue weighted by Crippen LogP contribution is -2.65. The Hall–Kier alpha value is -1.79. The highest BCUT2D eigenvalue weighted by molar-refractivity contribution is 5.93. The van der Waals surface area contributed by atoms with Crippen molar-refractivity contribution in [3.63, 3.8) is 0 Å². The van der Waals surface area contributed by atoms with Crippen molar-refractivity contribution in [3.05, 3.63) is 0 Å². The number of fused-ring (bicyclic) bond motifs is 2. The van der Waals surface area contributed by atoms with Gasteiger partial charge in [0.15, 0.2) is 0 Å². The van der Waals surface area contributed by atoms with Crippen molar-refractivity contribution >= 4 is 18.0 Å². The molecule has 0 saturated carbocycles. The third-order valence-corrected chi connectivity index (χ3v) is 3.47. The van der Waals surface area contributed by atoms with E-state index >= 15 is 0 Å². The average Bonchev–Trinajstić information content (AvgIpc) is 2.70. The monoisotopic (exact) mass is 284 g/mol. The molecule has 0 aromatic carbocycles. The van der Waals surface area contributed by atoms with Crippen LogP contribution in [0.5, 0.6) is 0 Å². The second kappa shape index (κ2) is 4.96. The molecule has 2 rings (SSSR count). The Bertz CT molecular complexity index is 443. The first-order valence-corrected chi connectivity index (χ1v) is 6.64. The van der Waals surface area contributed by atoms with Gasteiger partial charge >= 0.3 is 12.1 Å². The minimum absolute atomic E-state index is 0.333. The quantitative estimate of drug-likeness (QED) is 0.706. The van der Waals surface area contributed by atoms with Gasteiger partial charge in [-0.05, 0) is 33.6 Å². The maximum Gasteiger partial charge on any atom is 0.411 e. The van der Waals surface area contributed by atoms with Crippen molar-refractivity contribution in [2.24, 2.45) is 0 Å². The Morgan fingerprint density at radius 3 is 2.50 bits per heavy atom. The number of rotatable bonds is 1. The van der Waals surface area contributed by atoms with Crippen molar-refractivity contribution in [3.8, 4) is 0 Å². The van der Waals surface area contributed by atoms with Gasteiger partial charge in [-0.3, -0.25) is 9.69 Å². The van der Waals surface area contributed by atoms with E-state index in [4.69, 9.17) is 4.74 Å². The fraction of sp³-hybridized carbons (Fsp3) is 0.769. The molecule has 2 amide bonds. The summed E-state index contributed by atoms with van der Waals surface area (Å²) in [4.78, 5) is 37.4. The van der Waals surface area contributed by atoms with E-state index in [-0.39, 0.29) is 5.91 Å². The van der Waals surface area contributed by atoms with Gasteiger partial charge < -0.3 is 14.8 Å². The van der Waals surface area contributed by atoms with E-state index in [9.17, 15) is 14.4 Å². The van der Waals surface area contributed by atoms with Gasteiger partial charge in [0.1, 0.15) is 17.7 Å². The number of nitrogens with zero attached hydrogens (tertiary/aromatic N) is 1. The maximum absolute atomic E-state index is 12.2. The molecule has 0 aromatic heterocycles. The van der Waals surface area contributed by atoms with Gasteiger partial charge in [-0.25, -0.2) is 9.59 Å². The predicted octanol–water partition coefficient (Wildman–Crippen LogP) is 0.426. The fourth-order valence-corrected chi connectivity index (χ4v) is 2.69. The Labute approximate surface area is 117 Å². The molecule has 7 nitrogen and oxygen atoms in total. The Morgan fingerprint density at radius 1 is 1.30 bits per heavy atom. The number of amides is 2. The van der Waals surface area contributed by atoms with E-state index in [1.54, 1.807) is 20.8 Å². The van der Waals surface area contributed by atoms with Gasteiger partial charge in [0.05, 0.1) is 13.2 Å². The second-order valence-electron chi connectivity index (χ2n) is 6.06. The summed E-state index contributed by atoms with van der Waals surface area (Å²) in [5.41, 5.74) is -0.648. The highest BCUT2D eigenvalue weighted by Crippen LogP contribution is 2.32. The standard InChI is InChI=1S/C13H20N2O5/c1-13(2,3)20-12(18)15-7-5-6-8(15)10(16)14-9(7)11(17)19-4/h7-9H,5-6H2,1-4H3,(H,14,16)/t7-,8+,9?/m1/s1. The van der Waals surface area contributed by atoms with Gasteiger partial charge in [0, 0.05) is 0 Å². The molecule has 2 saturated heterocycles. The summed E-state index contributed by atoms with van der Waals surface area (Å²) in [6, 6.07) is -1.78. The van der Waals surface area contributed by atoms with Gasteiger partial charge in [0.2, 0.25) is 5.91 Å². The maximum atomic E-state index is 12.2. The summed E-state index contributed by atoms with van der Waals surface area (Å²) >= 11 is 0. The fourth-order valence-electron chi connectivity index (χ4n) is 2.69. The Morgan fingerprint density at radius 2 is 1.95 bits per heavy atom. The molecule has 0 spiro atoms. The Kier molecular flexibility index (Phi) is 3.62. The van der Waals surface area contributed by atoms with Crippen molar-refractivity contribution in [1.29, 1.82) is 0 Å². The van der Waals surface area contributed by atoms with Gasteiger partial charge in [-0.1, -0.05) is 0 Å². The third kappa shape index (κ3) is 2.57. The van der Waals surface area contributed by atoms with Crippen molar-refractivity contribution in [2.45, 2.75) is 57.3 Å². The molecule has 2 heterocycles. The smallest absolute Gasteiger partial charge is 0.411 e. The molecule has 2 fully saturated rings. The van der Waals surface area contributed by atoms with Gasteiger partial charge in [-0.15, -0.1) is 0 Å². The summed E-state index contributed by atoms with van der Waals surface area (Å²) in [6.07, 6.45) is 0.541. The zero-order valence-electron chi connectivity index (χ0n) is 12.1. The van der Waals surface area contributed by atoms with E-state index in [0.717, 1.165) is 0 Å². The van der Waals surface area contributed by atoms with Crippen LogP contribution in [0.25, 0.3) is 0 Å². The van der Waals surface area contributed by atoms with Crippen LogP contribution in [0.3, 0.4) is 0 Å². The summed E-state index contributed by atoms with van der Waals surface area (Å²) in [6.45, 7) is 5.28. The normalized spacial score (nSPS) is 28.9. The topological polar surface area (TPSA) is 84.9 Å². The molecule has 0 radical (unpaired) electrons. The Balaban J connectivity index is 2.22. The minimum Gasteiger partial charge on any atom is -0.467 e. The van der Waals surface area contributed by atoms with E-state index in [0.29, 0.717) is 12.8 Å². The van der Waals surface area contributed by atoms with E-state index in [1.807, 2.05) is 0 Å². The van der Waals surface area contributed by atoms with Crippen LogP contribution in [0.2, 0.25) is 0 Å². The number of piperazine rings is 1. The van der Waals surface area contributed by atoms with Crippen molar-refractivity contribution in [2.75, 3.05) is 7.11 Å². The number of esters is 1. The minimum atomic E-state index is -0.821. The van der Waals surface area contributed by atoms with Crippen LogP contribution < -0.4 is 5.32 Å². The molecule has 3 atom stereocenters. The number of methoxy groups -OCH3 is 1. The molecule has 1 unspecified atom stereocenters. The largest absolute Gasteiger partial charge is 0.467 e. The first-order valence-electron chi connectivity index (χ1n) is 6.64. The first-order chi connectivity index (χ1) is 9.24. The molecule has 2 bridgehead atoms. The van der Waals surface area contributed by atoms with E-state index < -0.39 is 35.8 Å². The van der Waals surface area contributed by atoms with Crippen LogP contribution in [-0.2, 0) is 19.1 Å². The molecule has 20 heavy (non-hydrogen) atoms. The molecule has 0 aliphatic carbocycles. The number of hydrogen-bond donors (Lipinski definition) is 1. The van der Waals surface area contributed by atoms with Crippen molar-refractivity contribution < 1.29 is 23.9 Å². The highest BCUT2D eigenvalue weighted by Gasteiger charge is 2.53. The lowest BCUT2D eigenvalue weighted by molar-refractivity contribution is -0.150. The number of carbonyl (C=O) groups excluding carboxylic acids is 3. The van der Waals surface area contributed by atoms with Gasteiger partial charge in [0.25, 0.3) is 0 Å². The summed E-state index contributed by atoms with van der Waals surface area (Å²) in [5.74, 6) is -0.878. The molecular formula is C13H20N2O5. The van der Waals surface area contributed by atoms with Crippen LogP contribution in [0.1, 0.15) is 33.6 Å². The lowest BCUT2D eigenvalue weighted by Gasteiger charge is -2.39. The molecule has 2 aliphatic rings. The van der Waals surface area contributed by atoms with Crippen molar-refractivity contribution in [1.82, 2.24) is 10.2 Å². The number of nitrogens with one attached hydrogen (secondary N) is 1. The molecule has 2 aliphatic heterocycles. The van der Waals surface area contributed by atoms with Crippen LogP contribution in [0, 0.1) is 0 Å².